The van der Waals surface area contributed by atoms with Crippen molar-refractivity contribution in [3.8, 4) is 0 Å². The van der Waals surface area contributed by atoms with Crippen LogP contribution >= 0.6 is 11.6 Å². The summed E-state index contributed by atoms with van der Waals surface area (Å²) in [6, 6.07) is 1.65. The maximum Gasteiger partial charge on any atom is 0.337 e. The molecule has 18 heavy (non-hydrogen) atoms. The molecule has 0 aliphatic heterocycles. The smallest absolute Gasteiger partial charge is 0.337 e. The highest BCUT2D eigenvalue weighted by Crippen LogP contribution is 2.30. The van der Waals surface area contributed by atoms with Gasteiger partial charge in [0.1, 0.15) is 5.82 Å². The van der Waals surface area contributed by atoms with Crippen LogP contribution in [0.1, 0.15) is 38.1 Å². The van der Waals surface area contributed by atoms with E-state index in [-0.39, 0.29) is 17.0 Å². The van der Waals surface area contributed by atoms with E-state index in [1.54, 1.807) is 0 Å². The molecule has 0 aromatic carbocycles. The van der Waals surface area contributed by atoms with E-state index in [2.05, 4.69) is 32.7 Å². The zero-order valence-electron chi connectivity index (χ0n) is 11.4. The molecule has 1 rings (SSSR count). The molecule has 1 aromatic rings. The first-order valence-corrected chi connectivity index (χ1v) is 6.14. The van der Waals surface area contributed by atoms with E-state index < -0.39 is 5.97 Å². The molecule has 0 aliphatic carbocycles. The van der Waals surface area contributed by atoms with Crippen LogP contribution in [0.3, 0.4) is 0 Å². The van der Waals surface area contributed by atoms with E-state index >= 15 is 0 Å². The van der Waals surface area contributed by atoms with Crippen molar-refractivity contribution in [1.29, 1.82) is 0 Å². The van der Waals surface area contributed by atoms with Crippen LogP contribution in [-0.4, -0.2) is 29.1 Å². The van der Waals surface area contributed by atoms with Crippen LogP contribution in [0.25, 0.3) is 0 Å². The van der Waals surface area contributed by atoms with Gasteiger partial charge in [-0.25, -0.2) is 9.78 Å². The molecule has 0 saturated carbocycles. The van der Waals surface area contributed by atoms with Gasteiger partial charge in [-0.15, -0.1) is 0 Å². The lowest BCUT2D eigenvalue weighted by molar-refractivity contribution is 0.0696. The summed E-state index contributed by atoms with van der Waals surface area (Å²) in [5.74, 6) is -0.424. The second kappa shape index (κ2) is 5.14. The van der Waals surface area contributed by atoms with Gasteiger partial charge in [0.25, 0.3) is 0 Å². The van der Waals surface area contributed by atoms with Gasteiger partial charge in [-0.05, 0) is 18.4 Å². The Labute approximate surface area is 113 Å². The predicted octanol–water partition coefficient (Wildman–Crippen LogP) is 3.30. The lowest BCUT2D eigenvalue weighted by Gasteiger charge is -2.36. The standard InChI is InChI=1S/C13H19ClN2O2/c1-8(13(2,3)4)16(5)11-10(14)6-9(7-15-11)12(17)18/h6-8H,1-5H3,(H,17,18). The molecule has 1 N–H and O–H groups in total. The molecular formula is C13H19ClN2O2. The Bertz CT molecular complexity index is 455. The van der Waals surface area contributed by atoms with E-state index in [1.807, 2.05) is 11.9 Å². The zero-order valence-corrected chi connectivity index (χ0v) is 12.1. The molecule has 0 spiro atoms. The van der Waals surface area contributed by atoms with Crippen LogP contribution in [0.5, 0.6) is 0 Å². The summed E-state index contributed by atoms with van der Waals surface area (Å²) in [5.41, 5.74) is 0.172. The minimum atomic E-state index is -1.03. The third-order valence-electron chi connectivity index (χ3n) is 3.24. The van der Waals surface area contributed by atoms with Crippen LogP contribution in [-0.2, 0) is 0 Å². The Morgan fingerprint density at radius 1 is 1.50 bits per heavy atom. The average Bonchev–Trinajstić information content (AvgIpc) is 2.25. The van der Waals surface area contributed by atoms with Gasteiger partial charge >= 0.3 is 5.97 Å². The first-order chi connectivity index (χ1) is 8.14. The van der Waals surface area contributed by atoms with Gasteiger partial charge < -0.3 is 10.0 Å². The maximum atomic E-state index is 10.8. The van der Waals surface area contributed by atoms with Crippen molar-refractivity contribution in [1.82, 2.24) is 4.98 Å². The van der Waals surface area contributed by atoms with Crippen LogP contribution < -0.4 is 4.90 Å². The van der Waals surface area contributed by atoms with E-state index in [0.717, 1.165) is 0 Å². The lowest BCUT2D eigenvalue weighted by atomic mass is 9.87. The van der Waals surface area contributed by atoms with Crippen LogP contribution in [0.15, 0.2) is 12.3 Å². The molecule has 1 heterocycles. The third kappa shape index (κ3) is 3.13. The first kappa shape index (κ1) is 14.8. The highest BCUT2D eigenvalue weighted by atomic mass is 35.5. The molecule has 5 heteroatoms. The molecule has 100 valence electrons. The van der Waals surface area contributed by atoms with Gasteiger partial charge in [0.05, 0.1) is 10.6 Å². The van der Waals surface area contributed by atoms with Crippen LogP contribution in [0.2, 0.25) is 5.02 Å². The number of nitrogens with zero attached hydrogens (tertiary/aromatic N) is 2. The summed E-state index contributed by atoms with van der Waals surface area (Å²) in [4.78, 5) is 16.9. The Morgan fingerprint density at radius 3 is 2.44 bits per heavy atom. The van der Waals surface area contributed by atoms with Gasteiger partial charge in [0, 0.05) is 19.3 Å². The van der Waals surface area contributed by atoms with Crippen molar-refractivity contribution in [2.24, 2.45) is 5.41 Å². The van der Waals surface area contributed by atoms with E-state index in [1.165, 1.54) is 12.3 Å². The molecule has 0 saturated heterocycles. The molecule has 1 unspecified atom stereocenters. The number of carboxylic acids is 1. The summed E-state index contributed by atoms with van der Waals surface area (Å²) in [7, 11) is 1.91. The highest BCUT2D eigenvalue weighted by molar-refractivity contribution is 6.33. The monoisotopic (exact) mass is 270 g/mol. The Kier molecular flexibility index (Phi) is 4.22. The Balaban J connectivity index is 3.08. The van der Waals surface area contributed by atoms with Gasteiger partial charge in [-0.1, -0.05) is 32.4 Å². The fourth-order valence-corrected chi connectivity index (χ4v) is 1.87. The minimum absolute atomic E-state index is 0.0746. The minimum Gasteiger partial charge on any atom is -0.478 e. The van der Waals surface area contributed by atoms with Gasteiger partial charge in [0.2, 0.25) is 0 Å². The van der Waals surface area contributed by atoms with E-state index in [9.17, 15) is 4.79 Å². The number of carbonyl (C=O) groups is 1. The van der Waals surface area contributed by atoms with Crippen molar-refractivity contribution in [2.75, 3.05) is 11.9 Å². The second-order valence-electron chi connectivity index (χ2n) is 5.49. The first-order valence-electron chi connectivity index (χ1n) is 5.76. The van der Waals surface area contributed by atoms with Crippen molar-refractivity contribution < 1.29 is 9.90 Å². The molecule has 0 aliphatic rings. The predicted molar refractivity (Wildman–Crippen MR) is 73.5 cm³/mol. The largest absolute Gasteiger partial charge is 0.478 e. The fraction of sp³-hybridized carbons (Fsp3) is 0.538. The topological polar surface area (TPSA) is 53.4 Å². The number of carboxylic acid groups (broad SMARTS) is 1. The van der Waals surface area contributed by atoms with E-state index in [0.29, 0.717) is 10.8 Å². The van der Waals surface area contributed by atoms with Gasteiger partial charge in [0.15, 0.2) is 0 Å². The van der Waals surface area contributed by atoms with E-state index in [4.69, 9.17) is 16.7 Å². The highest BCUT2D eigenvalue weighted by Gasteiger charge is 2.26. The quantitative estimate of drug-likeness (QED) is 0.916. The summed E-state index contributed by atoms with van der Waals surface area (Å²) in [5, 5.41) is 9.22. The number of pyridine rings is 1. The van der Waals surface area contributed by atoms with Gasteiger partial charge in [-0.3, -0.25) is 0 Å². The zero-order chi connectivity index (χ0) is 14.1. The van der Waals surface area contributed by atoms with Crippen LogP contribution in [0.4, 0.5) is 5.82 Å². The number of aromatic nitrogens is 1. The fourth-order valence-electron chi connectivity index (χ4n) is 1.57. The third-order valence-corrected chi connectivity index (χ3v) is 3.52. The molecule has 0 amide bonds. The second-order valence-corrected chi connectivity index (χ2v) is 5.89. The summed E-state index contributed by atoms with van der Waals surface area (Å²) in [6.07, 6.45) is 1.33. The number of rotatable bonds is 3. The SMILES string of the molecule is CC(N(C)c1ncc(C(=O)O)cc1Cl)C(C)(C)C. The van der Waals surface area contributed by atoms with Crippen molar-refractivity contribution in [3.05, 3.63) is 22.8 Å². The summed E-state index contributed by atoms with van der Waals surface area (Å²) < 4.78 is 0. The number of aromatic carboxylic acids is 1. The molecule has 0 fully saturated rings. The molecule has 1 atom stereocenters. The molecule has 4 nitrogen and oxygen atoms in total. The number of anilines is 1. The van der Waals surface area contributed by atoms with Crippen molar-refractivity contribution >= 4 is 23.4 Å². The summed E-state index contributed by atoms with van der Waals surface area (Å²) >= 11 is 6.09. The maximum absolute atomic E-state index is 10.8. The van der Waals surface area contributed by atoms with Crippen molar-refractivity contribution in [3.63, 3.8) is 0 Å². The normalized spacial score (nSPS) is 13.2. The summed E-state index contributed by atoms with van der Waals surface area (Å²) in [6.45, 7) is 8.48. The molecule has 0 radical (unpaired) electrons. The van der Waals surface area contributed by atoms with Gasteiger partial charge in [-0.2, -0.15) is 0 Å². The lowest BCUT2D eigenvalue weighted by Crippen LogP contribution is -2.40. The number of hydrogen-bond donors (Lipinski definition) is 1. The number of halogens is 1. The number of hydrogen-bond acceptors (Lipinski definition) is 3. The Morgan fingerprint density at radius 2 is 2.06 bits per heavy atom. The Hall–Kier alpha value is -1.29. The van der Waals surface area contributed by atoms with Crippen LogP contribution in [0, 0.1) is 5.41 Å². The molecular weight excluding hydrogens is 252 g/mol. The molecule has 0 bridgehead atoms. The molecule has 1 aromatic heterocycles. The van der Waals surface area contributed by atoms with Crippen molar-refractivity contribution in [2.45, 2.75) is 33.7 Å². The average molecular weight is 271 g/mol.